The topological polar surface area (TPSA) is 43.9 Å². The van der Waals surface area contributed by atoms with Gasteiger partial charge in [-0.2, -0.15) is 0 Å². The van der Waals surface area contributed by atoms with Crippen molar-refractivity contribution in [2.75, 3.05) is 39.3 Å². The molecule has 3 fully saturated rings. The Morgan fingerprint density at radius 2 is 1.61 bits per heavy atom. The van der Waals surface area contributed by atoms with Crippen molar-refractivity contribution in [3.05, 3.63) is 35.9 Å². The van der Waals surface area contributed by atoms with Crippen LogP contribution in [-0.4, -0.2) is 65.8 Å². The van der Waals surface area contributed by atoms with Crippen molar-refractivity contribution in [3.8, 4) is 0 Å². The van der Waals surface area contributed by atoms with E-state index in [4.69, 9.17) is 0 Å². The van der Waals surface area contributed by atoms with Crippen molar-refractivity contribution in [1.29, 1.82) is 0 Å². The lowest BCUT2D eigenvalue weighted by molar-refractivity contribution is -0.139. The Morgan fingerprint density at radius 1 is 0.903 bits per heavy atom. The van der Waals surface area contributed by atoms with Crippen LogP contribution >= 0.6 is 0 Å². The minimum atomic E-state index is 0.160. The number of likely N-dealkylation sites (tertiary alicyclic amines) is 3. The zero-order valence-corrected chi connectivity index (χ0v) is 19.2. The second-order valence-corrected chi connectivity index (χ2v) is 10.0. The Hall–Kier alpha value is -1.88. The van der Waals surface area contributed by atoms with Crippen molar-refractivity contribution < 1.29 is 9.59 Å². The molecule has 0 saturated carbocycles. The van der Waals surface area contributed by atoms with E-state index >= 15 is 0 Å². The van der Waals surface area contributed by atoms with Gasteiger partial charge in [-0.05, 0) is 69.0 Å². The summed E-state index contributed by atoms with van der Waals surface area (Å²) in [5.74, 6) is 2.03. The Kier molecular flexibility index (Phi) is 7.65. The quantitative estimate of drug-likeness (QED) is 0.721. The summed E-state index contributed by atoms with van der Waals surface area (Å²) in [6.45, 7) is 8.19. The van der Waals surface area contributed by atoms with E-state index in [1.54, 1.807) is 0 Å². The molecule has 1 aromatic carbocycles. The summed E-state index contributed by atoms with van der Waals surface area (Å²) in [5.41, 5.74) is 1.22. The van der Waals surface area contributed by atoms with Gasteiger partial charge in [0.25, 0.3) is 0 Å². The van der Waals surface area contributed by atoms with Gasteiger partial charge in [-0.25, -0.2) is 0 Å². The van der Waals surface area contributed by atoms with Crippen molar-refractivity contribution in [1.82, 2.24) is 14.7 Å². The molecule has 0 radical (unpaired) electrons. The summed E-state index contributed by atoms with van der Waals surface area (Å²) in [6, 6.07) is 10.4. The zero-order valence-electron chi connectivity index (χ0n) is 19.2. The van der Waals surface area contributed by atoms with Gasteiger partial charge in [0.2, 0.25) is 11.8 Å². The van der Waals surface area contributed by atoms with Gasteiger partial charge in [0.15, 0.2) is 0 Å². The molecule has 5 nitrogen and oxygen atoms in total. The lowest BCUT2D eigenvalue weighted by Crippen LogP contribution is -2.47. The van der Waals surface area contributed by atoms with E-state index in [0.29, 0.717) is 24.3 Å². The maximum Gasteiger partial charge on any atom is 0.236 e. The Balaban J connectivity index is 1.28. The van der Waals surface area contributed by atoms with Gasteiger partial charge in [0.1, 0.15) is 0 Å². The van der Waals surface area contributed by atoms with E-state index < -0.39 is 0 Å². The van der Waals surface area contributed by atoms with Gasteiger partial charge < -0.3 is 9.80 Å². The molecule has 0 aliphatic carbocycles. The van der Waals surface area contributed by atoms with Crippen LogP contribution < -0.4 is 0 Å². The maximum absolute atomic E-state index is 13.4. The molecule has 3 aliphatic heterocycles. The molecular formula is C26H39N3O2. The molecule has 3 saturated heterocycles. The van der Waals surface area contributed by atoms with Gasteiger partial charge in [-0.1, -0.05) is 43.7 Å². The number of carbonyl (C=O) groups is 2. The number of amides is 2. The zero-order chi connectivity index (χ0) is 21.6. The molecule has 5 heteroatoms. The second-order valence-electron chi connectivity index (χ2n) is 10.0. The van der Waals surface area contributed by atoms with Gasteiger partial charge in [-0.15, -0.1) is 0 Å². The van der Waals surface area contributed by atoms with Crippen LogP contribution in [0, 0.1) is 17.8 Å². The molecule has 0 aromatic heterocycles. The predicted octanol–water partition coefficient (Wildman–Crippen LogP) is 3.79. The molecule has 1 aromatic rings. The van der Waals surface area contributed by atoms with E-state index in [1.807, 2.05) is 6.07 Å². The molecule has 3 heterocycles. The highest BCUT2D eigenvalue weighted by molar-refractivity contribution is 5.79. The third-order valence-corrected chi connectivity index (χ3v) is 7.73. The summed E-state index contributed by atoms with van der Waals surface area (Å²) in [6.07, 6.45) is 7.64. The van der Waals surface area contributed by atoms with Crippen LogP contribution in [0.25, 0.3) is 0 Å². The molecule has 4 rings (SSSR count). The lowest BCUT2D eigenvalue weighted by atomic mass is 9.81. The molecule has 2 amide bonds. The normalized spacial score (nSPS) is 24.9. The van der Waals surface area contributed by atoms with E-state index in [2.05, 4.69) is 45.9 Å². The van der Waals surface area contributed by atoms with Crippen molar-refractivity contribution >= 4 is 11.8 Å². The average Bonchev–Trinajstić information content (AvgIpc) is 2.97. The van der Waals surface area contributed by atoms with Crippen molar-refractivity contribution in [2.24, 2.45) is 17.8 Å². The van der Waals surface area contributed by atoms with Crippen LogP contribution in [0.15, 0.2) is 30.3 Å². The monoisotopic (exact) mass is 425 g/mol. The van der Waals surface area contributed by atoms with Crippen LogP contribution in [0.5, 0.6) is 0 Å². The first-order valence-electron chi connectivity index (χ1n) is 12.4. The largest absolute Gasteiger partial charge is 0.342 e. The summed E-state index contributed by atoms with van der Waals surface area (Å²) < 4.78 is 0. The molecule has 31 heavy (non-hydrogen) atoms. The van der Waals surface area contributed by atoms with Crippen LogP contribution in [-0.2, 0) is 16.1 Å². The minimum Gasteiger partial charge on any atom is -0.342 e. The highest BCUT2D eigenvalue weighted by Gasteiger charge is 2.35. The van der Waals surface area contributed by atoms with Crippen LogP contribution in [0.4, 0.5) is 0 Å². The highest BCUT2D eigenvalue weighted by atomic mass is 16.2. The minimum absolute atomic E-state index is 0.160. The summed E-state index contributed by atoms with van der Waals surface area (Å²) >= 11 is 0. The lowest BCUT2D eigenvalue weighted by Gasteiger charge is -2.37. The van der Waals surface area contributed by atoms with Crippen LogP contribution in [0.1, 0.15) is 57.4 Å². The number of hydrogen-bond donors (Lipinski definition) is 0. The van der Waals surface area contributed by atoms with Crippen molar-refractivity contribution in [3.63, 3.8) is 0 Å². The van der Waals surface area contributed by atoms with Gasteiger partial charge in [-0.3, -0.25) is 14.5 Å². The van der Waals surface area contributed by atoms with Crippen LogP contribution in [0.2, 0.25) is 0 Å². The van der Waals surface area contributed by atoms with E-state index in [0.717, 1.165) is 90.1 Å². The third kappa shape index (κ3) is 5.88. The number of nitrogens with zero attached hydrogens (tertiary/aromatic N) is 3. The number of rotatable bonds is 5. The number of hydrogen-bond acceptors (Lipinski definition) is 3. The average molecular weight is 426 g/mol. The molecule has 0 spiro atoms. The third-order valence-electron chi connectivity index (χ3n) is 7.73. The first-order chi connectivity index (χ1) is 15.1. The fraction of sp³-hybridized carbons (Fsp3) is 0.692. The van der Waals surface area contributed by atoms with Crippen molar-refractivity contribution in [2.45, 2.75) is 58.4 Å². The molecule has 3 aliphatic rings. The molecule has 0 N–H and O–H groups in total. The van der Waals surface area contributed by atoms with E-state index in [-0.39, 0.29) is 5.92 Å². The first kappa shape index (κ1) is 22.3. The molecule has 0 bridgehead atoms. The fourth-order valence-corrected chi connectivity index (χ4v) is 5.60. The van der Waals surface area contributed by atoms with E-state index in [1.165, 1.54) is 5.56 Å². The Morgan fingerprint density at radius 3 is 2.32 bits per heavy atom. The number of benzene rings is 1. The summed E-state index contributed by atoms with van der Waals surface area (Å²) in [7, 11) is 0. The maximum atomic E-state index is 13.4. The highest BCUT2D eigenvalue weighted by Crippen LogP contribution is 2.32. The molecule has 1 atom stereocenters. The molecule has 1 unspecified atom stereocenters. The van der Waals surface area contributed by atoms with E-state index in [9.17, 15) is 9.59 Å². The van der Waals surface area contributed by atoms with Gasteiger partial charge in [0, 0.05) is 32.1 Å². The number of piperidine rings is 2. The standard InChI is InChI=1S/C26H39N3O2/c1-21-10-17-28(18-11-21)25(30)20-27-15-12-23(13-16-27)24-9-5-6-14-29(26(24)31)19-22-7-3-2-4-8-22/h2-4,7-8,21,23-24H,5-6,9-20H2,1H3. The van der Waals surface area contributed by atoms with Gasteiger partial charge in [0.05, 0.1) is 6.54 Å². The Labute approximate surface area is 187 Å². The van der Waals surface area contributed by atoms with Gasteiger partial charge >= 0.3 is 0 Å². The summed E-state index contributed by atoms with van der Waals surface area (Å²) in [5, 5.41) is 0. The smallest absolute Gasteiger partial charge is 0.236 e. The molecule has 170 valence electrons. The summed E-state index contributed by atoms with van der Waals surface area (Å²) in [4.78, 5) is 32.6. The first-order valence-corrected chi connectivity index (χ1v) is 12.4. The second kappa shape index (κ2) is 10.6. The predicted molar refractivity (Wildman–Crippen MR) is 123 cm³/mol. The number of carbonyl (C=O) groups excluding carboxylic acids is 2. The molecular weight excluding hydrogens is 386 g/mol. The fourth-order valence-electron chi connectivity index (χ4n) is 5.60. The van der Waals surface area contributed by atoms with Crippen LogP contribution in [0.3, 0.4) is 0 Å². The SMILES string of the molecule is CC1CCN(C(=O)CN2CCC(C3CCCCN(Cc4ccccc4)C3=O)CC2)CC1. The Bertz CT molecular complexity index is 721.